The van der Waals surface area contributed by atoms with Crippen molar-refractivity contribution in [1.29, 1.82) is 0 Å². The van der Waals surface area contributed by atoms with Gasteiger partial charge in [-0.3, -0.25) is 4.84 Å². The number of nitrogens with zero attached hydrogens (tertiary/aromatic N) is 1. The lowest BCUT2D eigenvalue weighted by atomic mass is 9.80. The second kappa shape index (κ2) is 7.07. The quantitative estimate of drug-likeness (QED) is 0.507. The number of ether oxygens (including phenoxy) is 1. The maximum Gasteiger partial charge on any atom is 0.159 e. The fourth-order valence-electron chi connectivity index (χ4n) is 4.93. The second-order valence-corrected chi connectivity index (χ2v) is 8.73. The van der Waals surface area contributed by atoms with E-state index >= 15 is 0 Å². The van der Waals surface area contributed by atoms with Gasteiger partial charge in [-0.15, -0.1) is 0 Å². The van der Waals surface area contributed by atoms with Gasteiger partial charge in [0.05, 0.1) is 18.3 Å². The molecule has 4 nitrogen and oxygen atoms in total. The van der Waals surface area contributed by atoms with Gasteiger partial charge in [-0.05, 0) is 68.3 Å². The summed E-state index contributed by atoms with van der Waals surface area (Å²) in [5.74, 6) is -1.16. The third kappa shape index (κ3) is 2.98. The van der Waals surface area contributed by atoms with E-state index in [0.717, 1.165) is 39.6 Å². The number of aromatic hydroxyl groups is 1. The minimum atomic E-state index is -0.930. The maximum absolute atomic E-state index is 14.2. The topological polar surface area (TPSA) is 41.9 Å². The molecule has 0 aliphatic carbocycles. The van der Waals surface area contributed by atoms with Crippen LogP contribution in [0, 0.1) is 11.6 Å². The number of hydrogen-bond acceptors (Lipinski definition) is 4. The van der Waals surface area contributed by atoms with Crippen LogP contribution in [-0.4, -0.2) is 17.8 Å². The highest BCUT2D eigenvalue weighted by molar-refractivity contribution is 5.90. The molecule has 1 N–H and O–H groups in total. The van der Waals surface area contributed by atoms with Gasteiger partial charge in [-0.1, -0.05) is 18.2 Å². The molecule has 3 aromatic rings. The normalized spacial score (nSPS) is 18.2. The summed E-state index contributed by atoms with van der Waals surface area (Å²) in [7, 11) is 1.62. The number of halogens is 2. The van der Waals surface area contributed by atoms with Gasteiger partial charge < -0.3 is 9.84 Å². The predicted molar refractivity (Wildman–Crippen MR) is 120 cm³/mol. The van der Waals surface area contributed by atoms with Gasteiger partial charge in [0.25, 0.3) is 0 Å². The Kier molecular flexibility index (Phi) is 4.53. The van der Waals surface area contributed by atoms with Crippen molar-refractivity contribution in [2.75, 3.05) is 12.2 Å². The molecule has 6 heteroatoms. The Morgan fingerprint density at radius 3 is 2.50 bits per heavy atom. The van der Waals surface area contributed by atoms with E-state index in [4.69, 9.17) is 9.57 Å². The van der Waals surface area contributed by atoms with Crippen molar-refractivity contribution in [3.63, 3.8) is 0 Å². The van der Waals surface area contributed by atoms with Crippen molar-refractivity contribution in [3.05, 3.63) is 82.9 Å². The number of phenols is 1. The Bertz CT molecular complexity index is 1280. The molecule has 0 amide bonds. The molecule has 0 aromatic heterocycles. The summed E-state index contributed by atoms with van der Waals surface area (Å²) in [6.45, 7) is 6.13. The highest BCUT2D eigenvalue weighted by Gasteiger charge is 2.38. The lowest BCUT2D eigenvalue weighted by Crippen LogP contribution is -2.44. The highest BCUT2D eigenvalue weighted by Crippen LogP contribution is 2.52. The van der Waals surface area contributed by atoms with Crippen LogP contribution in [-0.2, 0) is 4.84 Å². The average Bonchev–Trinajstić information content (AvgIpc) is 2.74. The third-order valence-corrected chi connectivity index (χ3v) is 6.12. The summed E-state index contributed by atoms with van der Waals surface area (Å²) in [5.41, 5.74) is 5.32. The van der Waals surface area contributed by atoms with Crippen molar-refractivity contribution < 1.29 is 23.5 Å². The number of hydroxylamine groups is 1. The van der Waals surface area contributed by atoms with Crippen molar-refractivity contribution in [2.45, 2.75) is 32.4 Å². The van der Waals surface area contributed by atoms with Crippen LogP contribution in [0.25, 0.3) is 16.7 Å². The molecule has 0 spiro atoms. The van der Waals surface area contributed by atoms with Gasteiger partial charge in [-0.2, -0.15) is 0 Å². The smallest absolute Gasteiger partial charge is 0.159 e. The van der Waals surface area contributed by atoms with E-state index in [0.29, 0.717) is 11.3 Å². The summed E-state index contributed by atoms with van der Waals surface area (Å²) in [5, 5.41) is 11.9. The van der Waals surface area contributed by atoms with E-state index < -0.39 is 17.7 Å². The molecular formula is C26H23F2NO3. The lowest BCUT2D eigenvalue weighted by Gasteiger charge is -2.43. The number of allylic oxidation sites excluding steroid dienone is 1. The minimum absolute atomic E-state index is 0.120. The molecule has 2 heterocycles. The molecule has 0 saturated carbocycles. The number of hydrogen-bond donors (Lipinski definition) is 1. The molecule has 1 atom stereocenters. The average molecular weight is 435 g/mol. The first-order valence-corrected chi connectivity index (χ1v) is 10.4. The lowest BCUT2D eigenvalue weighted by molar-refractivity contribution is 0.123. The number of anilines is 1. The number of rotatable bonds is 2. The molecular weight excluding hydrogens is 412 g/mol. The zero-order valence-electron chi connectivity index (χ0n) is 18.2. The van der Waals surface area contributed by atoms with Gasteiger partial charge in [-0.25, -0.2) is 13.8 Å². The van der Waals surface area contributed by atoms with Crippen molar-refractivity contribution in [2.24, 2.45) is 0 Å². The van der Waals surface area contributed by atoms with Crippen molar-refractivity contribution >= 4 is 11.3 Å². The fraction of sp³-hybridized carbons (Fsp3) is 0.231. The Morgan fingerprint density at radius 1 is 1.00 bits per heavy atom. The molecule has 0 radical (unpaired) electrons. The number of phenolic OH excluding ortho intramolecular Hbond substituents is 1. The minimum Gasteiger partial charge on any atom is -0.508 e. The molecule has 1 unspecified atom stereocenters. The SMILES string of the molecule is CON1c2ccc3c(c2C(C)=CC1(C)C)C(c1ccc(F)c(F)c1)Oc1ccc(O)cc1-3. The van der Waals surface area contributed by atoms with Gasteiger partial charge >= 0.3 is 0 Å². The van der Waals surface area contributed by atoms with E-state index in [9.17, 15) is 13.9 Å². The molecule has 164 valence electrons. The number of fused-ring (bicyclic) bond motifs is 5. The van der Waals surface area contributed by atoms with Crippen molar-refractivity contribution in [3.8, 4) is 22.6 Å². The summed E-state index contributed by atoms with van der Waals surface area (Å²) in [6.07, 6.45) is 1.44. The molecule has 5 rings (SSSR count). The largest absolute Gasteiger partial charge is 0.508 e. The van der Waals surface area contributed by atoms with Crippen LogP contribution < -0.4 is 9.80 Å². The summed E-state index contributed by atoms with van der Waals surface area (Å²) in [4.78, 5) is 5.73. The molecule has 32 heavy (non-hydrogen) atoms. The van der Waals surface area contributed by atoms with E-state index in [1.807, 2.05) is 24.1 Å². The summed E-state index contributed by atoms with van der Waals surface area (Å²) < 4.78 is 34.2. The fourth-order valence-corrected chi connectivity index (χ4v) is 4.93. The molecule has 2 aliphatic heterocycles. The first-order valence-electron chi connectivity index (χ1n) is 10.4. The zero-order valence-corrected chi connectivity index (χ0v) is 18.2. The predicted octanol–water partition coefficient (Wildman–Crippen LogP) is 6.38. The summed E-state index contributed by atoms with van der Waals surface area (Å²) >= 11 is 0. The molecule has 2 aliphatic rings. The van der Waals surface area contributed by atoms with Crippen LogP contribution >= 0.6 is 0 Å². The molecule has 3 aromatic carbocycles. The van der Waals surface area contributed by atoms with Crippen LogP contribution in [0.2, 0.25) is 0 Å². The maximum atomic E-state index is 14.2. The Hall–Kier alpha value is -3.38. The van der Waals surface area contributed by atoms with Crippen LogP contribution in [0.3, 0.4) is 0 Å². The first-order chi connectivity index (χ1) is 15.2. The molecule has 0 fully saturated rings. The Balaban J connectivity index is 1.84. The van der Waals surface area contributed by atoms with Gasteiger partial charge in [0.15, 0.2) is 17.7 Å². The standard InChI is InChI=1S/C26H23F2NO3/c1-14-13-26(2,3)29(31-4)21-9-7-17-18-12-16(30)6-10-22(18)32-25(24(17)23(14)21)15-5-8-19(27)20(28)11-15/h5-13,25,30H,1-4H3. The third-order valence-electron chi connectivity index (χ3n) is 6.12. The van der Waals surface area contributed by atoms with Gasteiger partial charge in [0.1, 0.15) is 11.5 Å². The monoisotopic (exact) mass is 435 g/mol. The Labute approximate surface area is 185 Å². The number of benzene rings is 3. The van der Waals surface area contributed by atoms with E-state index in [1.165, 1.54) is 12.1 Å². The zero-order chi connectivity index (χ0) is 22.8. The van der Waals surface area contributed by atoms with Crippen molar-refractivity contribution in [1.82, 2.24) is 0 Å². The summed E-state index contributed by atoms with van der Waals surface area (Å²) in [6, 6.07) is 12.7. The van der Waals surface area contributed by atoms with Gasteiger partial charge in [0.2, 0.25) is 0 Å². The van der Waals surface area contributed by atoms with E-state index in [-0.39, 0.29) is 11.3 Å². The molecule has 0 saturated heterocycles. The van der Waals surface area contributed by atoms with Crippen LogP contribution in [0.4, 0.5) is 14.5 Å². The van der Waals surface area contributed by atoms with Crippen LogP contribution in [0.5, 0.6) is 11.5 Å². The second-order valence-electron chi connectivity index (χ2n) is 8.73. The van der Waals surface area contributed by atoms with Gasteiger partial charge in [0, 0.05) is 22.3 Å². The Morgan fingerprint density at radius 2 is 1.78 bits per heavy atom. The molecule has 0 bridgehead atoms. The first kappa shape index (κ1) is 20.5. The highest BCUT2D eigenvalue weighted by atomic mass is 19.2. The van der Waals surface area contributed by atoms with Crippen LogP contribution in [0.15, 0.2) is 54.6 Å². The van der Waals surface area contributed by atoms with E-state index in [1.54, 1.807) is 25.3 Å². The van der Waals surface area contributed by atoms with E-state index in [2.05, 4.69) is 19.9 Å². The van der Waals surface area contributed by atoms with Crippen LogP contribution in [0.1, 0.15) is 43.6 Å².